The molecule has 9 nitrogen and oxygen atoms in total. The second kappa shape index (κ2) is 12.0. The molecule has 12 heteroatoms. The van der Waals surface area contributed by atoms with Gasteiger partial charge in [-0.25, -0.2) is 14.0 Å². The highest BCUT2D eigenvalue weighted by Gasteiger charge is 2.23. The Morgan fingerprint density at radius 3 is 2.81 bits per heavy atom. The number of hydrogen-bond donors (Lipinski definition) is 3. The van der Waals surface area contributed by atoms with Crippen LogP contribution < -0.4 is 15.4 Å². The molecule has 2 amide bonds. The van der Waals surface area contributed by atoms with Gasteiger partial charge in [-0.05, 0) is 43.1 Å². The van der Waals surface area contributed by atoms with Crippen molar-refractivity contribution >= 4 is 40.1 Å². The number of hydrogen-bond acceptors (Lipinski definition) is 7. The van der Waals surface area contributed by atoms with Crippen LogP contribution in [0.2, 0.25) is 5.02 Å². The number of carboxylic acids is 1. The zero-order chi connectivity index (χ0) is 22.9. The third-order valence-corrected chi connectivity index (χ3v) is 5.75. The third-order valence-electron chi connectivity index (χ3n) is 4.77. The van der Waals surface area contributed by atoms with Gasteiger partial charge in [-0.1, -0.05) is 17.7 Å². The monoisotopic (exact) mass is 486 g/mol. The van der Waals surface area contributed by atoms with E-state index in [-0.39, 0.29) is 33.6 Å². The van der Waals surface area contributed by atoms with E-state index in [0.29, 0.717) is 6.54 Å². The highest BCUT2D eigenvalue weighted by atomic mass is 35.5. The summed E-state index contributed by atoms with van der Waals surface area (Å²) in [5.41, 5.74) is -0.0880. The lowest BCUT2D eigenvalue weighted by atomic mass is 10.2. The number of halogens is 2. The third kappa shape index (κ3) is 7.02. The molecule has 1 aliphatic heterocycles. The Morgan fingerprint density at radius 2 is 2.09 bits per heavy atom. The fourth-order valence-electron chi connectivity index (χ4n) is 3.07. The van der Waals surface area contributed by atoms with Crippen molar-refractivity contribution in [1.29, 1.82) is 0 Å². The molecule has 1 aliphatic rings. The summed E-state index contributed by atoms with van der Waals surface area (Å²) in [5.74, 6) is -2.08. The van der Waals surface area contributed by atoms with Gasteiger partial charge < -0.3 is 19.9 Å². The molecule has 0 saturated carbocycles. The van der Waals surface area contributed by atoms with Crippen molar-refractivity contribution in [1.82, 2.24) is 14.6 Å². The minimum Gasteiger partial charge on any atom is -0.477 e. The SMILES string of the molecule is O=C(NCCCCN1CCOCC1)Nc1snc(OCc2ccc(Cl)cc2F)c1C(=O)O. The normalized spacial score (nSPS) is 14.2. The number of benzene rings is 1. The first-order valence-electron chi connectivity index (χ1n) is 10.1. The first-order chi connectivity index (χ1) is 15.4. The van der Waals surface area contributed by atoms with Crippen LogP contribution in [0.15, 0.2) is 18.2 Å². The number of urea groups is 1. The second-order valence-electron chi connectivity index (χ2n) is 7.06. The first-order valence-corrected chi connectivity index (χ1v) is 11.2. The van der Waals surface area contributed by atoms with Crippen LogP contribution in [0.25, 0.3) is 0 Å². The zero-order valence-electron chi connectivity index (χ0n) is 17.2. The molecule has 0 atom stereocenters. The van der Waals surface area contributed by atoms with Crippen LogP contribution in [0, 0.1) is 5.82 Å². The molecule has 0 spiro atoms. The number of anilines is 1. The first kappa shape index (κ1) is 24.2. The van der Waals surface area contributed by atoms with Crippen molar-refractivity contribution in [2.45, 2.75) is 19.4 Å². The number of amides is 2. The van der Waals surface area contributed by atoms with Crippen molar-refractivity contribution in [2.24, 2.45) is 0 Å². The number of carbonyl (C=O) groups excluding carboxylic acids is 1. The van der Waals surface area contributed by atoms with Gasteiger partial charge in [0, 0.05) is 30.2 Å². The smallest absolute Gasteiger partial charge is 0.344 e. The van der Waals surface area contributed by atoms with E-state index in [4.69, 9.17) is 21.1 Å². The van der Waals surface area contributed by atoms with E-state index in [9.17, 15) is 19.1 Å². The van der Waals surface area contributed by atoms with Crippen molar-refractivity contribution < 1.29 is 28.6 Å². The van der Waals surface area contributed by atoms with Crippen LogP contribution in [0.1, 0.15) is 28.8 Å². The molecule has 32 heavy (non-hydrogen) atoms. The molecule has 0 radical (unpaired) electrons. The standard InChI is InChI=1S/C20H24ClFN4O5S/c21-14-4-3-13(15(22)11-14)12-31-17-16(19(27)28)18(32-25-17)24-20(29)23-5-1-2-6-26-7-9-30-10-8-26/h3-4,11H,1-2,5-10,12H2,(H,27,28)(H2,23,24,29). The van der Waals surface area contributed by atoms with Crippen LogP contribution >= 0.6 is 23.1 Å². The maximum Gasteiger partial charge on any atom is 0.344 e. The van der Waals surface area contributed by atoms with Gasteiger partial charge in [0.05, 0.1) is 13.2 Å². The number of carboxylic acid groups (broad SMARTS) is 1. The Labute approximate surface area is 193 Å². The number of morpholine rings is 1. The quantitative estimate of drug-likeness (QED) is 0.441. The minimum atomic E-state index is -1.31. The lowest BCUT2D eigenvalue weighted by Crippen LogP contribution is -2.37. The number of carbonyl (C=O) groups is 2. The number of unbranched alkanes of at least 4 members (excludes halogenated alkanes) is 1. The Balaban J connectivity index is 1.47. The average molecular weight is 487 g/mol. The molecule has 2 aromatic rings. The van der Waals surface area contributed by atoms with E-state index in [1.54, 1.807) is 0 Å². The molecule has 0 aliphatic carbocycles. The summed E-state index contributed by atoms with van der Waals surface area (Å²) in [5, 5.41) is 15.0. The summed E-state index contributed by atoms with van der Waals surface area (Å²) < 4.78 is 28.5. The predicted molar refractivity (Wildman–Crippen MR) is 118 cm³/mol. The second-order valence-corrected chi connectivity index (χ2v) is 8.27. The summed E-state index contributed by atoms with van der Waals surface area (Å²) in [4.78, 5) is 26.1. The molecule has 3 rings (SSSR count). The topological polar surface area (TPSA) is 113 Å². The molecule has 174 valence electrons. The summed E-state index contributed by atoms with van der Waals surface area (Å²) in [6, 6.07) is 3.55. The summed E-state index contributed by atoms with van der Waals surface area (Å²) in [6.07, 6.45) is 1.72. The number of ether oxygens (including phenoxy) is 2. The summed E-state index contributed by atoms with van der Waals surface area (Å²) >= 11 is 6.50. The fourth-order valence-corrected chi connectivity index (χ4v) is 3.95. The molecule has 0 bridgehead atoms. The highest BCUT2D eigenvalue weighted by molar-refractivity contribution is 7.11. The lowest BCUT2D eigenvalue weighted by molar-refractivity contribution is 0.0372. The van der Waals surface area contributed by atoms with Gasteiger partial charge in [0.1, 0.15) is 17.4 Å². The molecule has 3 N–H and O–H groups in total. The summed E-state index contributed by atoms with van der Waals surface area (Å²) in [6.45, 7) is 4.51. The Bertz CT molecular complexity index is 939. The van der Waals surface area contributed by atoms with Gasteiger partial charge in [-0.15, -0.1) is 0 Å². The van der Waals surface area contributed by atoms with E-state index >= 15 is 0 Å². The van der Waals surface area contributed by atoms with Gasteiger partial charge in [-0.2, -0.15) is 4.37 Å². The van der Waals surface area contributed by atoms with Crippen LogP contribution in [0.3, 0.4) is 0 Å². The number of aromatic nitrogens is 1. The highest BCUT2D eigenvalue weighted by Crippen LogP contribution is 2.31. The van der Waals surface area contributed by atoms with Gasteiger partial charge in [-0.3, -0.25) is 10.2 Å². The van der Waals surface area contributed by atoms with E-state index < -0.39 is 17.8 Å². The van der Waals surface area contributed by atoms with Gasteiger partial charge in [0.25, 0.3) is 0 Å². The Hall–Kier alpha value is -2.47. The van der Waals surface area contributed by atoms with Crippen LogP contribution in [0.4, 0.5) is 14.2 Å². The van der Waals surface area contributed by atoms with Crippen LogP contribution in [-0.2, 0) is 11.3 Å². The van der Waals surface area contributed by atoms with E-state index in [1.165, 1.54) is 12.1 Å². The van der Waals surface area contributed by atoms with E-state index in [0.717, 1.165) is 63.3 Å². The molecule has 1 fully saturated rings. The maximum atomic E-state index is 13.9. The fraction of sp³-hybridized carbons (Fsp3) is 0.450. The molecule has 1 aromatic heterocycles. The molecule has 0 unspecified atom stereocenters. The minimum absolute atomic E-state index is 0.0369. The van der Waals surface area contributed by atoms with Gasteiger partial charge in [0.2, 0.25) is 5.88 Å². The number of rotatable bonds is 10. The number of nitrogens with zero attached hydrogens (tertiary/aromatic N) is 2. The largest absolute Gasteiger partial charge is 0.477 e. The van der Waals surface area contributed by atoms with Crippen LogP contribution in [0.5, 0.6) is 5.88 Å². The van der Waals surface area contributed by atoms with Crippen molar-refractivity contribution in [3.05, 3.63) is 40.2 Å². The van der Waals surface area contributed by atoms with Crippen molar-refractivity contribution in [2.75, 3.05) is 44.7 Å². The number of aromatic carboxylic acids is 1. The summed E-state index contributed by atoms with van der Waals surface area (Å²) in [7, 11) is 0. The van der Waals surface area contributed by atoms with Crippen molar-refractivity contribution in [3.63, 3.8) is 0 Å². The molecular weight excluding hydrogens is 463 g/mol. The molecular formula is C20H24ClFN4O5S. The van der Waals surface area contributed by atoms with E-state index in [2.05, 4.69) is 19.9 Å². The lowest BCUT2D eigenvalue weighted by Gasteiger charge is -2.26. The van der Waals surface area contributed by atoms with Gasteiger partial charge >= 0.3 is 12.0 Å². The zero-order valence-corrected chi connectivity index (χ0v) is 18.8. The molecule has 1 aromatic carbocycles. The van der Waals surface area contributed by atoms with E-state index in [1.807, 2.05) is 0 Å². The predicted octanol–water partition coefficient (Wildman–Crippen LogP) is 3.45. The maximum absolute atomic E-state index is 13.9. The Kier molecular flexibility index (Phi) is 9.03. The average Bonchev–Trinajstić information content (AvgIpc) is 3.16. The van der Waals surface area contributed by atoms with Gasteiger partial charge in [0.15, 0.2) is 5.56 Å². The molecule has 2 heterocycles. The van der Waals surface area contributed by atoms with Crippen LogP contribution in [-0.4, -0.2) is 65.8 Å². The molecule has 1 saturated heterocycles. The van der Waals surface area contributed by atoms with Crippen molar-refractivity contribution in [3.8, 4) is 5.88 Å². The Morgan fingerprint density at radius 1 is 1.31 bits per heavy atom. The number of nitrogens with one attached hydrogen (secondary N) is 2.